The largest absolute Gasteiger partial charge is 0.399 e. The molecule has 0 aliphatic rings. The Morgan fingerprint density at radius 2 is 2.06 bits per heavy atom. The van der Waals surface area contributed by atoms with Crippen molar-refractivity contribution in [2.45, 2.75) is 13.8 Å². The van der Waals surface area contributed by atoms with Crippen LogP contribution < -0.4 is 10.6 Å². The number of rotatable bonds is 3. The Hall–Kier alpha value is -2.30. The minimum absolute atomic E-state index is 0.206. The Labute approximate surface area is 105 Å². The molecule has 5 heteroatoms. The molecule has 2 rings (SSSR count). The first-order valence-corrected chi connectivity index (χ1v) is 5.72. The van der Waals surface area contributed by atoms with Gasteiger partial charge in [-0.05, 0) is 38.1 Å². The van der Waals surface area contributed by atoms with Gasteiger partial charge in [0.15, 0.2) is 0 Å². The Bertz CT molecular complexity index is 546. The second kappa shape index (κ2) is 4.91. The lowest BCUT2D eigenvalue weighted by Gasteiger charge is -2.19. The summed E-state index contributed by atoms with van der Waals surface area (Å²) in [4.78, 5) is 13.8. The first kappa shape index (κ1) is 12.2. The number of carbonyl (C=O) groups excluding carboxylic acids is 1. The topological polar surface area (TPSA) is 72.4 Å². The summed E-state index contributed by atoms with van der Waals surface area (Å²) in [5, 5.41) is 3.72. The van der Waals surface area contributed by atoms with Crippen molar-refractivity contribution in [3.05, 3.63) is 41.8 Å². The lowest BCUT2D eigenvalue weighted by atomic mass is 10.2. The van der Waals surface area contributed by atoms with E-state index in [1.165, 1.54) is 0 Å². The van der Waals surface area contributed by atoms with Crippen molar-refractivity contribution >= 4 is 17.3 Å². The van der Waals surface area contributed by atoms with Crippen LogP contribution in [0.3, 0.4) is 0 Å². The number of nitrogens with two attached hydrogens (primary N) is 1. The second-order valence-corrected chi connectivity index (χ2v) is 3.97. The molecule has 1 amide bonds. The van der Waals surface area contributed by atoms with Gasteiger partial charge in [0.2, 0.25) is 5.76 Å². The Morgan fingerprint density at radius 1 is 1.39 bits per heavy atom. The van der Waals surface area contributed by atoms with Gasteiger partial charge in [-0.3, -0.25) is 4.79 Å². The standard InChI is InChI=1S/C13H15N3O2/c1-3-16(11-6-4-10(14)5-7-11)13(17)12-8-9(2)15-18-12/h4-8H,3,14H2,1-2H3. The van der Waals surface area contributed by atoms with Crippen molar-refractivity contribution in [3.8, 4) is 0 Å². The molecule has 0 radical (unpaired) electrons. The average Bonchev–Trinajstić information content (AvgIpc) is 2.79. The predicted molar refractivity (Wildman–Crippen MR) is 69.4 cm³/mol. The van der Waals surface area contributed by atoms with E-state index in [0.29, 0.717) is 17.9 Å². The molecule has 1 aromatic heterocycles. The average molecular weight is 245 g/mol. The Balaban J connectivity index is 2.28. The van der Waals surface area contributed by atoms with Crippen LogP contribution in [-0.4, -0.2) is 17.6 Å². The summed E-state index contributed by atoms with van der Waals surface area (Å²) < 4.78 is 4.99. The molecule has 0 bridgehead atoms. The van der Waals surface area contributed by atoms with Crippen LogP contribution in [0.15, 0.2) is 34.9 Å². The van der Waals surface area contributed by atoms with E-state index >= 15 is 0 Å². The molecule has 5 nitrogen and oxygen atoms in total. The maximum absolute atomic E-state index is 12.2. The number of hydrogen-bond donors (Lipinski definition) is 1. The van der Waals surface area contributed by atoms with Crippen LogP contribution in [0.4, 0.5) is 11.4 Å². The fourth-order valence-electron chi connectivity index (χ4n) is 1.70. The zero-order chi connectivity index (χ0) is 13.1. The number of aryl methyl sites for hydroxylation is 1. The number of hydrogen-bond acceptors (Lipinski definition) is 4. The predicted octanol–water partition coefficient (Wildman–Crippen LogP) is 2.23. The van der Waals surface area contributed by atoms with Crippen LogP contribution in [-0.2, 0) is 0 Å². The lowest BCUT2D eigenvalue weighted by molar-refractivity contribution is 0.0952. The lowest BCUT2D eigenvalue weighted by Crippen LogP contribution is -2.30. The van der Waals surface area contributed by atoms with E-state index < -0.39 is 0 Å². The van der Waals surface area contributed by atoms with E-state index in [1.807, 2.05) is 6.92 Å². The van der Waals surface area contributed by atoms with Crippen LogP contribution in [0.5, 0.6) is 0 Å². The summed E-state index contributed by atoms with van der Waals surface area (Å²) in [5.74, 6) is 0.0362. The highest BCUT2D eigenvalue weighted by Crippen LogP contribution is 2.19. The molecular weight excluding hydrogens is 230 g/mol. The monoisotopic (exact) mass is 245 g/mol. The normalized spacial score (nSPS) is 10.3. The van der Waals surface area contributed by atoms with Gasteiger partial charge in [-0.2, -0.15) is 0 Å². The Kier molecular flexibility index (Phi) is 3.32. The first-order valence-electron chi connectivity index (χ1n) is 5.72. The summed E-state index contributed by atoms with van der Waals surface area (Å²) in [6.07, 6.45) is 0. The van der Waals surface area contributed by atoms with Crippen LogP contribution in [0.25, 0.3) is 0 Å². The SMILES string of the molecule is CCN(C(=O)c1cc(C)no1)c1ccc(N)cc1. The number of nitrogens with zero attached hydrogens (tertiary/aromatic N) is 2. The Morgan fingerprint density at radius 3 is 2.56 bits per heavy atom. The van der Waals surface area contributed by atoms with Gasteiger partial charge in [-0.1, -0.05) is 5.16 Å². The molecule has 0 saturated carbocycles. The van der Waals surface area contributed by atoms with Crippen LogP contribution in [0.1, 0.15) is 23.2 Å². The zero-order valence-electron chi connectivity index (χ0n) is 10.4. The van der Waals surface area contributed by atoms with Crippen molar-refractivity contribution in [1.82, 2.24) is 5.16 Å². The molecule has 0 unspecified atom stereocenters. The van der Waals surface area contributed by atoms with Crippen molar-refractivity contribution in [2.75, 3.05) is 17.2 Å². The molecule has 0 aliphatic heterocycles. The third-order valence-electron chi connectivity index (χ3n) is 2.60. The molecule has 0 atom stereocenters. The van der Waals surface area contributed by atoms with E-state index in [1.54, 1.807) is 42.2 Å². The minimum atomic E-state index is -0.206. The highest BCUT2D eigenvalue weighted by atomic mass is 16.5. The van der Waals surface area contributed by atoms with E-state index in [4.69, 9.17) is 10.3 Å². The summed E-state index contributed by atoms with van der Waals surface area (Å²) in [5.41, 5.74) is 7.76. The van der Waals surface area contributed by atoms with Gasteiger partial charge in [-0.25, -0.2) is 0 Å². The maximum atomic E-state index is 12.2. The van der Waals surface area contributed by atoms with E-state index in [-0.39, 0.29) is 11.7 Å². The van der Waals surface area contributed by atoms with Crippen molar-refractivity contribution in [3.63, 3.8) is 0 Å². The van der Waals surface area contributed by atoms with Gasteiger partial charge in [0, 0.05) is 24.0 Å². The van der Waals surface area contributed by atoms with Gasteiger partial charge in [0.25, 0.3) is 5.91 Å². The number of aromatic nitrogens is 1. The number of amides is 1. The number of benzene rings is 1. The molecule has 1 aromatic carbocycles. The molecule has 0 aliphatic carbocycles. The van der Waals surface area contributed by atoms with E-state index in [9.17, 15) is 4.79 Å². The molecule has 18 heavy (non-hydrogen) atoms. The second-order valence-electron chi connectivity index (χ2n) is 3.97. The van der Waals surface area contributed by atoms with Crippen molar-refractivity contribution in [1.29, 1.82) is 0 Å². The number of nitrogen functional groups attached to an aromatic ring is 1. The molecular formula is C13H15N3O2. The summed E-state index contributed by atoms with van der Waals surface area (Å²) >= 11 is 0. The van der Waals surface area contributed by atoms with Gasteiger partial charge < -0.3 is 15.2 Å². The molecule has 2 aromatic rings. The van der Waals surface area contributed by atoms with Gasteiger partial charge in [0.05, 0.1) is 5.69 Å². The molecule has 1 heterocycles. The fourth-order valence-corrected chi connectivity index (χ4v) is 1.70. The number of anilines is 2. The zero-order valence-corrected chi connectivity index (χ0v) is 10.4. The van der Waals surface area contributed by atoms with Gasteiger partial charge in [0.1, 0.15) is 0 Å². The van der Waals surface area contributed by atoms with Crippen LogP contribution in [0.2, 0.25) is 0 Å². The third kappa shape index (κ3) is 2.34. The quantitative estimate of drug-likeness (QED) is 0.841. The van der Waals surface area contributed by atoms with Crippen molar-refractivity contribution < 1.29 is 9.32 Å². The van der Waals surface area contributed by atoms with Crippen molar-refractivity contribution in [2.24, 2.45) is 0 Å². The smallest absolute Gasteiger partial charge is 0.296 e. The molecule has 2 N–H and O–H groups in total. The summed E-state index contributed by atoms with van der Waals surface area (Å²) in [6, 6.07) is 8.76. The highest BCUT2D eigenvalue weighted by Gasteiger charge is 2.19. The van der Waals surface area contributed by atoms with E-state index in [2.05, 4.69) is 5.16 Å². The molecule has 94 valence electrons. The summed E-state index contributed by atoms with van der Waals surface area (Å²) in [7, 11) is 0. The number of carbonyl (C=O) groups is 1. The third-order valence-corrected chi connectivity index (χ3v) is 2.60. The van der Waals surface area contributed by atoms with Crippen LogP contribution in [0, 0.1) is 6.92 Å². The van der Waals surface area contributed by atoms with E-state index in [0.717, 1.165) is 5.69 Å². The van der Waals surface area contributed by atoms with Gasteiger partial charge in [-0.15, -0.1) is 0 Å². The molecule has 0 fully saturated rings. The molecule has 0 spiro atoms. The molecule has 0 saturated heterocycles. The fraction of sp³-hybridized carbons (Fsp3) is 0.231. The van der Waals surface area contributed by atoms with Crippen LogP contribution >= 0.6 is 0 Å². The summed E-state index contributed by atoms with van der Waals surface area (Å²) in [6.45, 7) is 4.22. The minimum Gasteiger partial charge on any atom is -0.399 e. The first-order chi connectivity index (χ1) is 8.61. The highest BCUT2D eigenvalue weighted by molar-refractivity contribution is 6.04. The van der Waals surface area contributed by atoms with Gasteiger partial charge >= 0.3 is 0 Å². The maximum Gasteiger partial charge on any atom is 0.296 e.